The monoisotopic (exact) mass is 971 g/mol. The third kappa shape index (κ3) is 56.7. The minimum absolute atomic E-state index is 0.0663. The van der Waals surface area contributed by atoms with Gasteiger partial charge >= 0.3 is 17.9 Å². The maximum Gasteiger partial charge on any atom is 0.306 e. The number of rotatable bonds is 57. The lowest BCUT2D eigenvalue weighted by Gasteiger charge is -2.18. The highest BCUT2D eigenvalue weighted by atomic mass is 16.6. The Hall–Kier alpha value is -2.11. The summed E-state index contributed by atoms with van der Waals surface area (Å²) in [5.74, 6) is -0.845. The molecule has 0 aromatic carbocycles. The van der Waals surface area contributed by atoms with E-state index >= 15 is 0 Å². The topological polar surface area (TPSA) is 78.9 Å². The Morgan fingerprint density at radius 1 is 0.290 bits per heavy atom. The van der Waals surface area contributed by atoms with Crippen LogP contribution in [0.1, 0.15) is 342 Å². The third-order valence-corrected chi connectivity index (χ3v) is 14.0. The van der Waals surface area contributed by atoms with Crippen LogP contribution in [0.3, 0.4) is 0 Å². The van der Waals surface area contributed by atoms with E-state index in [1.165, 1.54) is 238 Å². The fraction of sp³-hybridized carbons (Fsp3) is 0.889. The molecule has 0 unspecified atom stereocenters. The molecule has 0 aliphatic carbocycles. The summed E-state index contributed by atoms with van der Waals surface area (Å²) < 4.78 is 16.9. The van der Waals surface area contributed by atoms with Crippen molar-refractivity contribution in [2.75, 3.05) is 13.2 Å². The summed E-state index contributed by atoms with van der Waals surface area (Å²) in [5.41, 5.74) is 0. The van der Waals surface area contributed by atoms with E-state index in [9.17, 15) is 14.4 Å². The third-order valence-electron chi connectivity index (χ3n) is 14.0. The SMILES string of the molecule is CCCCC/C=C\C/C=C\CCCCCCCCCCCC(=O)OC[C@H](COC(=O)CCCCCCCCCCCCCCCCCCCCC)OC(=O)CCCCCCCCCCCCCCC. The molecule has 0 radical (unpaired) electrons. The molecule has 0 amide bonds. The second-order valence-electron chi connectivity index (χ2n) is 21.0. The molecule has 0 saturated carbocycles. The largest absolute Gasteiger partial charge is 0.462 e. The Kier molecular flexibility index (Phi) is 56.7. The van der Waals surface area contributed by atoms with Crippen LogP contribution < -0.4 is 0 Å². The minimum atomic E-state index is -0.768. The van der Waals surface area contributed by atoms with Gasteiger partial charge in [-0.3, -0.25) is 14.4 Å². The van der Waals surface area contributed by atoms with Crippen molar-refractivity contribution in [3.8, 4) is 0 Å². The Bertz CT molecular complexity index is 1110. The molecule has 6 heteroatoms. The summed E-state index contributed by atoms with van der Waals surface area (Å²) in [6, 6.07) is 0. The Labute approximate surface area is 430 Å². The number of carbonyl (C=O) groups is 3. The van der Waals surface area contributed by atoms with Gasteiger partial charge in [0.2, 0.25) is 0 Å². The lowest BCUT2D eigenvalue weighted by Crippen LogP contribution is -2.30. The van der Waals surface area contributed by atoms with Gasteiger partial charge < -0.3 is 14.2 Å². The molecule has 0 aliphatic rings. The van der Waals surface area contributed by atoms with Crippen LogP contribution in [-0.2, 0) is 28.6 Å². The second-order valence-corrected chi connectivity index (χ2v) is 21.0. The van der Waals surface area contributed by atoms with Crippen molar-refractivity contribution >= 4 is 17.9 Å². The van der Waals surface area contributed by atoms with Crippen molar-refractivity contribution in [3.63, 3.8) is 0 Å². The fourth-order valence-corrected chi connectivity index (χ4v) is 9.30. The van der Waals surface area contributed by atoms with Crippen molar-refractivity contribution in [2.45, 2.75) is 348 Å². The van der Waals surface area contributed by atoms with Crippen molar-refractivity contribution in [2.24, 2.45) is 0 Å². The van der Waals surface area contributed by atoms with Crippen molar-refractivity contribution in [3.05, 3.63) is 24.3 Å². The number of hydrogen-bond acceptors (Lipinski definition) is 6. The molecule has 0 bridgehead atoms. The number of hydrogen-bond donors (Lipinski definition) is 0. The number of esters is 3. The Morgan fingerprint density at radius 2 is 0.522 bits per heavy atom. The lowest BCUT2D eigenvalue weighted by molar-refractivity contribution is -0.167. The first-order chi connectivity index (χ1) is 34.0. The quantitative estimate of drug-likeness (QED) is 0.0261. The van der Waals surface area contributed by atoms with Crippen LogP contribution in [0.5, 0.6) is 0 Å². The van der Waals surface area contributed by atoms with Gasteiger partial charge in [-0.05, 0) is 51.4 Å². The summed E-state index contributed by atoms with van der Waals surface area (Å²) in [6.45, 7) is 6.67. The van der Waals surface area contributed by atoms with Crippen LogP contribution in [0.25, 0.3) is 0 Å². The summed E-state index contributed by atoms with van der Waals surface area (Å²) in [5, 5.41) is 0. The fourth-order valence-electron chi connectivity index (χ4n) is 9.30. The van der Waals surface area contributed by atoms with E-state index < -0.39 is 6.10 Å². The normalized spacial score (nSPS) is 12.1. The van der Waals surface area contributed by atoms with Crippen LogP contribution in [0, 0.1) is 0 Å². The van der Waals surface area contributed by atoms with Gasteiger partial charge in [-0.25, -0.2) is 0 Å². The smallest absolute Gasteiger partial charge is 0.306 e. The van der Waals surface area contributed by atoms with E-state index in [0.29, 0.717) is 19.3 Å². The van der Waals surface area contributed by atoms with E-state index in [1.807, 2.05) is 0 Å². The predicted octanol–water partition coefficient (Wildman–Crippen LogP) is 20.7. The summed E-state index contributed by atoms with van der Waals surface area (Å²) in [6.07, 6.45) is 68.9. The molecule has 0 spiro atoms. The molecule has 0 N–H and O–H groups in total. The van der Waals surface area contributed by atoms with Crippen molar-refractivity contribution < 1.29 is 28.6 Å². The first kappa shape index (κ1) is 66.9. The lowest BCUT2D eigenvalue weighted by atomic mass is 10.0. The second kappa shape index (κ2) is 58.5. The molecule has 406 valence electrons. The average molecular weight is 972 g/mol. The zero-order valence-electron chi connectivity index (χ0n) is 46.6. The van der Waals surface area contributed by atoms with Gasteiger partial charge in [0.05, 0.1) is 0 Å². The van der Waals surface area contributed by atoms with E-state index in [0.717, 1.165) is 64.2 Å². The van der Waals surface area contributed by atoms with Gasteiger partial charge in [0.25, 0.3) is 0 Å². The highest BCUT2D eigenvalue weighted by molar-refractivity contribution is 5.71. The molecular formula is C63H118O6. The molecule has 0 heterocycles. The molecule has 0 fully saturated rings. The van der Waals surface area contributed by atoms with Crippen LogP contribution in [0.2, 0.25) is 0 Å². The number of carbonyl (C=O) groups excluding carboxylic acids is 3. The molecule has 0 saturated heterocycles. The van der Waals surface area contributed by atoms with Crippen LogP contribution in [0.4, 0.5) is 0 Å². The number of ether oxygens (including phenoxy) is 3. The van der Waals surface area contributed by atoms with Crippen molar-refractivity contribution in [1.82, 2.24) is 0 Å². The molecule has 6 nitrogen and oxygen atoms in total. The maximum atomic E-state index is 12.9. The number of allylic oxidation sites excluding steroid dienone is 4. The Morgan fingerprint density at radius 3 is 0.826 bits per heavy atom. The molecule has 1 atom stereocenters. The maximum absolute atomic E-state index is 12.9. The van der Waals surface area contributed by atoms with Crippen LogP contribution in [-0.4, -0.2) is 37.2 Å². The van der Waals surface area contributed by atoms with Crippen LogP contribution >= 0.6 is 0 Å². The zero-order chi connectivity index (χ0) is 50.0. The molecule has 0 aromatic rings. The predicted molar refractivity (Wildman–Crippen MR) is 298 cm³/mol. The van der Waals surface area contributed by atoms with Gasteiger partial charge in [-0.2, -0.15) is 0 Å². The Balaban J connectivity index is 4.28. The van der Waals surface area contributed by atoms with Gasteiger partial charge in [-0.15, -0.1) is 0 Å². The minimum Gasteiger partial charge on any atom is -0.462 e. The van der Waals surface area contributed by atoms with Crippen molar-refractivity contribution in [1.29, 1.82) is 0 Å². The summed E-state index contributed by atoms with van der Waals surface area (Å²) in [7, 11) is 0. The van der Waals surface area contributed by atoms with Gasteiger partial charge in [0.15, 0.2) is 6.10 Å². The average Bonchev–Trinajstić information content (AvgIpc) is 3.35. The van der Waals surface area contributed by atoms with Crippen LogP contribution in [0.15, 0.2) is 24.3 Å². The molecular weight excluding hydrogens is 853 g/mol. The molecule has 69 heavy (non-hydrogen) atoms. The first-order valence-electron chi connectivity index (χ1n) is 30.8. The summed E-state index contributed by atoms with van der Waals surface area (Å²) >= 11 is 0. The standard InChI is InChI=1S/C63H118O6/c1-4-7-10-13-16-19-22-25-27-29-31-33-35-38-40-43-46-49-52-55-61(64)67-58-60(69-63(66)57-54-51-48-45-42-37-24-21-18-15-12-9-6-3)59-68-62(65)56-53-50-47-44-41-39-36-34-32-30-28-26-23-20-17-14-11-8-5-2/h16,19,25,27,60H,4-15,17-18,20-24,26,28-59H2,1-3H3/b19-16-,27-25-/t60-/m1/s1. The summed E-state index contributed by atoms with van der Waals surface area (Å²) in [4.78, 5) is 38.2. The first-order valence-corrected chi connectivity index (χ1v) is 30.8. The van der Waals surface area contributed by atoms with Gasteiger partial charge in [0, 0.05) is 19.3 Å². The van der Waals surface area contributed by atoms with E-state index in [1.54, 1.807) is 0 Å². The highest BCUT2D eigenvalue weighted by Gasteiger charge is 2.19. The molecule has 0 aliphatic heterocycles. The van der Waals surface area contributed by atoms with Gasteiger partial charge in [-0.1, -0.05) is 295 Å². The zero-order valence-corrected chi connectivity index (χ0v) is 46.6. The van der Waals surface area contributed by atoms with E-state index in [2.05, 4.69) is 45.1 Å². The van der Waals surface area contributed by atoms with E-state index in [4.69, 9.17) is 14.2 Å². The highest BCUT2D eigenvalue weighted by Crippen LogP contribution is 2.18. The molecule has 0 aromatic heterocycles. The van der Waals surface area contributed by atoms with E-state index in [-0.39, 0.29) is 31.1 Å². The van der Waals surface area contributed by atoms with Gasteiger partial charge in [0.1, 0.15) is 13.2 Å². The molecule has 0 rings (SSSR count). The number of unbranched alkanes of at least 4 members (excludes halogenated alkanes) is 42.